The van der Waals surface area contributed by atoms with Crippen molar-refractivity contribution in [1.82, 2.24) is 14.9 Å². The molecule has 4 heteroatoms. The van der Waals surface area contributed by atoms with Crippen LogP contribution < -0.4 is 0 Å². The van der Waals surface area contributed by atoms with E-state index in [1.54, 1.807) is 6.20 Å². The van der Waals surface area contributed by atoms with E-state index in [0.29, 0.717) is 6.54 Å². The molecule has 0 atom stereocenters. The molecule has 0 amide bonds. The number of nitrogens with zero attached hydrogens (tertiary/aromatic N) is 3. The molecule has 78 valence electrons. The fraction of sp³-hybridized carbons (Fsp3) is 0.273. The van der Waals surface area contributed by atoms with Gasteiger partial charge in [0.15, 0.2) is 0 Å². The molecule has 0 aliphatic heterocycles. The van der Waals surface area contributed by atoms with Gasteiger partial charge in [-0.25, -0.2) is 0 Å². The predicted molar refractivity (Wildman–Crippen MR) is 58.6 cm³/mol. The lowest BCUT2D eigenvalue weighted by atomic mass is 10.1. The average molecular weight is 203 g/mol. The number of hydrogen-bond acceptors (Lipinski definition) is 4. The second kappa shape index (κ2) is 3.82. The predicted octanol–water partition coefficient (Wildman–Crippen LogP) is 1.40. The first-order valence-electron chi connectivity index (χ1n) is 4.75. The molecule has 0 spiro atoms. The summed E-state index contributed by atoms with van der Waals surface area (Å²) in [7, 11) is 3.91. The van der Waals surface area contributed by atoms with Crippen LogP contribution in [0.15, 0.2) is 24.5 Å². The summed E-state index contributed by atoms with van der Waals surface area (Å²) >= 11 is 0. The zero-order valence-electron chi connectivity index (χ0n) is 8.81. The molecule has 15 heavy (non-hydrogen) atoms. The van der Waals surface area contributed by atoms with Gasteiger partial charge in [0.05, 0.1) is 17.2 Å². The summed E-state index contributed by atoms with van der Waals surface area (Å²) in [5.74, 6) is 0.204. The van der Waals surface area contributed by atoms with E-state index >= 15 is 0 Å². The summed E-state index contributed by atoms with van der Waals surface area (Å²) in [6.45, 7) is 0.655. The summed E-state index contributed by atoms with van der Waals surface area (Å²) in [4.78, 5) is 10.4. The summed E-state index contributed by atoms with van der Waals surface area (Å²) < 4.78 is 0. The summed E-state index contributed by atoms with van der Waals surface area (Å²) in [6.07, 6.45) is 3.19. The first-order chi connectivity index (χ1) is 7.18. The molecule has 0 aliphatic carbocycles. The van der Waals surface area contributed by atoms with Crippen LogP contribution in [-0.4, -0.2) is 34.1 Å². The Hall–Kier alpha value is -1.68. The van der Waals surface area contributed by atoms with Gasteiger partial charge < -0.3 is 10.0 Å². The van der Waals surface area contributed by atoms with Crippen molar-refractivity contribution >= 4 is 11.0 Å². The Morgan fingerprint density at radius 3 is 2.87 bits per heavy atom. The molecular weight excluding hydrogens is 190 g/mol. The van der Waals surface area contributed by atoms with E-state index in [4.69, 9.17) is 0 Å². The van der Waals surface area contributed by atoms with Crippen molar-refractivity contribution in [2.75, 3.05) is 14.1 Å². The van der Waals surface area contributed by atoms with Crippen molar-refractivity contribution in [3.8, 4) is 5.75 Å². The van der Waals surface area contributed by atoms with Gasteiger partial charge in [0.25, 0.3) is 0 Å². The lowest BCUT2D eigenvalue weighted by Gasteiger charge is -2.12. The molecule has 0 saturated carbocycles. The van der Waals surface area contributed by atoms with Gasteiger partial charge in [-0.15, -0.1) is 0 Å². The van der Waals surface area contributed by atoms with Gasteiger partial charge in [0.1, 0.15) is 5.75 Å². The third-order valence-electron chi connectivity index (χ3n) is 2.18. The Balaban J connectivity index is 2.63. The van der Waals surface area contributed by atoms with Crippen LogP contribution in [0.2, 0.25) is 0 Å². The number of hydrogen-bond donors (Lipinski definition) is 1. The number of rotatable bonds is 2. The molecule has 2 rings (SSSR count). The first kappa shape index (κ1) is 9.86. The smallest absolute Gasteiger partial charge is 0.140 e. The minimum atomic E-state index is 0.204. The van der Waals surface area contributed by atoms with Gasteiger partial charge in [0.2, 0.25) is 0 Å². The molecule has 1 N–H and O–H groups in total. The van der Waals surface area contributed by atoms with Gasteiger partial charge in [-0.05, 0) is 26.2 Å². The van der Waals surface area contributed by atoms with E-state index in [-0.39, 0.29) is 5.75 Å². The molecule has 0 fully saturated rings. The molecule has 0 unspecified atom stereocenters. The van der Waals surface area contributed by atoms with Crippen LogP contribution in [0.1, 0.15) is 5.56 Å². The molecule has 4 nitrogen and oxygen atoms in total. The highest BCUT2D eigenvalue weighted by Gasteiger charge is 2.09. The van der Waals surface area contributed by atoms with Crippen molar-refractivity contribution in [2.24, 2.45) is 0 Å². The van der Waals surface area contributed by atoms with E-state index in [0.717, 1.165) is 16.6 Å². The minimum absolute atomic E-state index is 0.204. The van der Waals surface area contributed by atoms with Crippen LogP contribution in [0.4, 0.5) is 0 Å². The van der Waals surface area contributed by atoms with Gasteiger partial charge in [0, 0.05) is 18.3 Å². The van der Waals surface area contributed by atoms with Gasteiger partial charge in [-0.3, -0.25) is 9.97 Å². The van der Waals surface area contributed by atoms with Gasteiger partial charge in [-0.1, -0.05) is 0 Å². The monoisotopic (exact) mass is 203 g/mol. The second-order valence-corrected chi connectivity index (χ2v) is 3.73. The summed E-state index contributed by atoms with van der Waals surface area (Å²) in [5.41, 5.74) is 2.41. The summed E-state index contributed by atoms with van der Waals surface area (Å²) in [6, 6.07) is 3.73. The third-order valence-corrected chi connectivity index (χ3v) is 2.18. The highest BCUT2D eigenvalue weighted by Crippen LogP contribution is 2.23. The Morgan fingerprint density at radius 1 is 1.33 bits per heavy atom. The van der Waals surface area contributed by atoms with Crippen LogP contribution in [0.5, 0.6) is 5.75 Å². The van der Waals surface area contributed by atoms with Crippen molar-refractivity contribution in [3.05, 3.63) is 30.1 Å². The van der Waals surface area contributed by atoms with Crippen LogP contribution in [0.3, 0.4) is 0 Å². The quantitative estimate of drug-likeness (QED) is 0.801. The molecule has 2 aromatic rings. The maximum Gasteiger partial charge on any atom is 0.140 e. The number of fused-ring (bicyclic) bond motifs is 1. The fourth-order valence-electron chi connectivity index (χ4n) is 1.54. The molecule has 2 aromatic heterocycles. The van der Waals surface area contributed by atoms with Crippen LogP contribution in [0.25, 0.3) is 11.0 Å². The zero-order valence-corrected chi connectivity index (χ0v) is 8.81. The van der Waals surface area contributed by atoms with Crippen LogP contribution >= 0.6 is 0 Å². The average Bonchev–Trinajstić information content (AvgIpc) is 2.22. The first-order valence-corrected chi connectivity index (χ1v) is 4.75. The number of pyridine rings is 2. The lowest BCUT2D eigenvalue weighted by Crippen LogP contribution is -2.11. The largest absolute Gasteiger partial charge is 0.506 e. The molecule has 0 aromatic carbocycles. The van der Waals surface area contributed by atoms with E-state index in [2.05, 4.69) is 9.97 Å². The zero-order chi connectivity index (χ0) is 10.8. The van der Waals surface area contributed by atoms with E-state index < -0.39 is 0 Å². The second-order valence-electron chi connectivity index (χ2n) is 3.73. The van der Waals surface area contributed by atoms with E-state index in [9.17, 15) is 5.11 Å². The Labute approximate surface area is 88.2 Å². The molecule has 0 aliphatic rings. The summed E-state index contributed by atoms with van der Waals surface area (Å²) in [5, 5.41) is 9.73. The Kier molecular flexibility index (Phi) is 2.51. The number of aromatic nitrogens is 2. The molecule has 0 saturated heterocycles. The Morgan fingerprint density at radius 2 is 2.13 bits per heavy atom. The van der Waals surface area contributed by atoms with E-state index in [1.807, 2.05) is 31.1 Å². The standard InChI is InChI=1S/C11H13N3O/c1-14(2)7-8-10(15)6-13-9-4-3-5-12-11(8)9/h3-6,15H,7H2,1-2H3. The fourth-order valence-corrected chi connectivity index (χ4v) is 1.54. The minimum Gasteiger partial charge on any atom is -0.506 e. The van der Waals surface area contributed by atoms with Crippen molar-refractivity contribution < 1.29 is 5.11 Å². The molecule has 0 bridgehead atoms. The van der Waals surface area contributed by atoms with Crippen molar-refractivity contribution in [2.45, 2.75) is 6.54 Å². The highest BCUT2D eigenvalue weighted by atomic mass is 16.3. The SMILES string of the molecule is CN(C)Cc1c(O)cnc2cccnc12. The van der Waals surface area contributed by atoms with Gasteiger partial charge >= 0.3 is 0 Å². The maximum absolute atomic E-state index is 9.73. The topological polar surface area (TPSA) is 49.2 Å². The molecule has 2 heterocycles. The van der Waals surface area contributed by atoms with Crippen LogP contribution in [0, 0.1) is 0 Å². The van der Waals surface area contributed by atoms with Crippen molar-refractivity contribution in [3.63, 3.8) is 0 Å². The Bertz CT molecular complexity index is 482. The lowest BCUT2D eigenvalue weighted by molar-refractivity contribution is 0.387. The van der Waals surface area contributed by atoms with E-state index in [1.165, 1.54) is 6.20 Å². The maximum atomic E-state index is 9.73. The van der Waals surface area contributed by atoms with Crippen LogP contribution in [-0.2, 0) is 6.54 Å². The molecule has 0 radical (unpaired) electrons. The number of aromatic hydroxyl groups is 1. The normalized spacial score (nSPS) is 11.1. The highest BCUT2D eigenvalue weighted by molar-refractivity contribution is 5.79. The molecular formula is C11H13N3O. The van der Waals surface area contributed by atoms with Gasteiger partial charge in [-0.2, -0.15) is 0 Å². The third kappa shape index (κ3) is 1.89. The van der Waals surface area contributed by atoms with Crippen molar-refractivity contribution in [1.29, 1.82) is 0 Å².